The number of anilines is 1. The first kappa shape index (κ1) is 24.7. The fourth-order valence-electron chi connectivity index (χ4n) is 4.49. The number of nitrogens with one attached hydrogen (secondary N) is 1. The van der Waals surface area contributed by atoms with Crippen LogP contribution in [0, 0.1) is 6.92 Å². The highest BCUT2D eigenvalue weighted by Crippen LogP contribution is 2.22. The maximum atomic E-state index is 13.2. The molecule has 0 radical (unpaired) electrons. The quantitative estimate of drug-likeness (QED) is 0.248. The topological polar surface area (TPSA) is 90.4 Å². The van der Waals surface area contributed by atoms with Crippen molar-refractivity contribution < 1.29 is 9.59 Å². The van der Waals surface area contributed by atoms with Crippen LogP contribution in [0.5, 0.6) is 0 Å². The molecule has 38 heavy (non-hydrogen) atoms. The molecule has 190 valence electrons. The van der Waals surface area contributed by atoms with E-state index in [0.29, 0.717) is 16.9 Å². The van der Waals surface area contributed by atoms with Crippen LogP contribution in [0.2, 0.25) is 0 Å². The zero-order valence-corrected chi connectivity index (χ0v) is 21.4. The lowest BCUT2D eigenvalue weighted by atomic mass is 10.1. The third kappa shape index (κ3) is 4.71. The number of nitrogens with zero attached hydrogens (tertiary/aromatic N) is 4. The monoisotopic (exact) mass is 505 g/mol. The Kier molecular flexibility index (Phi) is 6.62. The maximum Gasteiger partial charge on any atom is 0.297 e. The minimum atomic E-state index is -0.202. The molecule has 0 fully saturated rings. The summed E-state index contributed by atoms with van der Waals surface area (Å²) in [5.41, 5.74) is 4.55. The van der Waals surface area contributed by atoms with E-state index in [2.05, 4.69) is 10.3 Å². The SMILES string of the molecule is CC(=O)c1ccc(NC(=O)Cn2cc(C=Nc3c(C)n(C)n(-c4ccccc4)c3=O)c3ccccc32)cc1. The predicted molar refractivity (Wildman–Crippen MR) is 150 cm³/mol. The average molecular weight is 506 g/mol. The molecule has 2 heterocycles. The standard InChI is InChI=1S/C30H27N5O3/c1-20-29(30(38)35(33(20)3)25-9-5-4-6-10-25)31-17-23-18-34(27-12-8-7-11-26(23)27)19-28(37)32-24-15-13-22(14-16-24)21(2)36/h4-18H,19H2,1-3H3,(H,32,37). The first-order chi connectivity index (χ1) is 18.3. The molecule has 1 amide bonds. The molecule has 1 N–H and O–H groups in total. The number of aromatic nitrogens is 3. The zero-order chi connectivity index (χ0) is 26.8. The second kappa shape index (κ2) is 10.2. The third-order valence-electron chi connectivity index (χ3n) is 6.57. The van der Waals surface area contributed by atoms with Crippen LogP contribution in [0.3, 0.4) is 0 Å². The highest BCUT2D eigenvalue weighted by Gasteiger charge is 2.16. The lowest BCUT2D eigenvalue weighted by Gasteiger charge is -2.08. The molecule has 0 atom stereocenters. The van der Waals surface area contributed by atoms with E-state index in [0.717, 1.165) is 27.8 Å². The van der Waals surface area contributed by atoms with Crippen molar-refractivity contribution in [2.75, 3.05) is 5.32 Å². The number of aliphatic imine (C=N–C) groups is 1. The summed E-state index contributed by atoms with van der Waals surface area (Å²) < 4.78 is 5.25. The van der Waals surface area contributed by atoms with E-state index in [9.17, 15) is 14.4 Å². The van der Waals surface area contributed by atoms with Gasteiger partial charge in [0.05, 0.1) is 11.4 Å². The van der Waals surface area contributed by atoms with Crippen molar-refractivity contribution in [1.82, 2.24) is 13.9 Å². The summed E-state index contributed by atoms with van der Waals surface area (Å²) in [5.74, 6) is -0.227. The number of benzene rings is 3. The van der Waals surface area contributed by atoms with Gasteiger partial charge in [-0.05, 0) is 56.3 Å². The Morgan fingerprint density at radius 3 is 2.34 bits per heavy atom. The van der Waals surface area contributed by atoms with Crippen molar-refractivity contribution in [3.63, 3.8) is 0 Å². The molecule has 0 bridgehead atoms. The Morgan fingerprint density at radius 1 is 0.947 bits per heavy atom. The molecule has 0 saturated heterocycles. The van der Waals surface area contributed by atoms with Crippen molar-refractivity contribution >= 4 is 40.2 Å². The molecular weight excluding hydrogens is 478 g/mol. The lowest BCUT2D eigenvalue weighted by molar-refractivity contribution is -0.116. The summed E-state index contributed by atoms with van der Waals surface area (Å²) in [6.45, 7) is 3.46. The normalized spacial score (nSPS) is 11.3. The molecule has 0 saturated carbocycles. The van der Waals surface area contributed by atoms with Gasteiger partial charge in [0.1, 0.15) is 6.54 Å². The molecule has 0 spiro atoms. The van der Waals surface area contributed by atoms with Crippen molar-refractivity contribution in [3.8, 4) is 5.69 Å². The van der Waals surface area contributed by atoms with Gasteiger partial charge in [0, 0.05) is 47.2 Å². The number of hydrogen-bond donors (Lipinski definition) is 1. The first-order valence-electron chi connectivity index (χ1n) is 12.2. The molecule has 8 nitrogen and oxygen atoms in total. The summed E-state index contributed by atoms with van der Waals surface area (Å²) >= 11 is 0. The Labute approximate surface area is 219 Å². The molecule has 0 unspecified atom stereocenters. The van der Waals surface area contributed by atoms with E-state index in [4.69, 9.17) is 0 Å². The number of rotatable bonds is 7. The van der Waals surface area contributed by atoms with Gasteiger partial charge in [-0.2, -0.15) is 0 Å². The van der Waals surface area contributed by atoms with E-state index in [-0.39, 0.29) is 23.8 Å². The average Bonchev–Trinajstić information content (AvgIpc) is 3.36. The smallest absolute Gasteiger partial charge is 0.297 e. The number of para-hydroxylation sites is 2. The van der Waals surface area contributed by atoms with Crippen LogP contribution in [0.25, 0.3) is 16.6 Å². The van der Waals surface area contributed by atoms with Crippen LogP contribution in [0.15, 0.2) is 94.8 Å². The molecule has 3 aromatic carbocycles. The van der Waals surface area contributed by atoms with E-state index in [1.165, 1.54) is 6.92 Å². The number of carbonyl (C=O) groups is 2. The number of hydrogen-bond acceptors (Lipinski definition) is 4. The number of ketones is 1. The van der Waals surface area contributed by atoms with E-state index in [1.54, 1.807) is 39.8 Å². The minimum absolute atomic E-state index is 0.0273. The molecular formula is C30H27N5O3. The number of fused-ring (bicyclic) bond motifs is 1. The number of carbonyl (C=O) groups excluding carboxylic acids is 2. The molecule has 0 aliphatic carbocycles. The van der Waals surface area contributed by atoms with Crippen molar-refractivity contribution in [3.05, 3.63) is 112 Å². The fraction of sp³-hybridized carbons (Fsp3) is 0.133. The molecule has 2 aromatic heterocycles. The van der Waals surface area contributed by atoms with Gasteiger partial charge >= 0.3 is 0 Å². The van der Waals surface area contributed by atoms with E-state index in [1.807, 2.05) is 79.3 Å². The molecule has 0 aliphatic rings. The molecule has 8 heteroatoms. The van der Waals surface area contributed by atoms with Gasteiger partial charge in [-0.3, -0.25) is 19.1 Å². The molecule has 5 rings (SSSR count). The van der Waals surface area contributed by atoms with Crippen molar-refractivity contribution in [1.29, 1.82) is 0 Å². The van der Waals surface area contributed by atoms with Crippen LogP contribution in [-0.4, -0.2) is 31.8 Å². The molecule has 0 aliphatic heterocycles. The van der Waals surface area contributed by atoms with Gasteiger partial charge in [0.25, 0.3) is 5.56 Å². The molecule has 5 aromatic rings. The summed E-state index contributed by atoms with van der Waals surface area (Å²) in [7, 11) is 1.83. The van der Waals surface area contributed by atoms with Gasteiger partial charge in [-0.1, -0.05) is 36.4 Å². The summed E-state index contributed by atoms with van der Waals surface area (Å²) in [6.07, 6.45) is 3.54. The summed E-state index contributed by atoms with van der Waals surface area (Å²) in [4.78, 5) is 42.1. The predicted octanol–water partition coefficient (Wildman–Crippen LogP) is 5.03. The van der Waals surface area contributed by atoms with Crippen LogP contribution >= 0.6 is 0 Å². The Morgan fingerprint density at radius 2 is 1.63 bits per heavy atom. The number of Topliss-reactive ketones (excluding diaryl/α,β-unsaturated/α-hetero) is 1. The minimum Gasteiger partial charge on any atom is -0.337 e. The van der Waals surface area contributed by atoms with Gasteiger partial charge in [-0.15, -0.1) is 0 Å². The van der Waals surface area contributed by atoms with E-state index >= 15 is 0 Å². The second-order valence-corrected chi connectivity index (χ2v) is 9.08. The Balaban J connectivity index is 1.43. The fourth-order valence-corrected chi connectivity index (χ4v) is 4.49. The lowest BCUT2D eigenvalue weighted by Crippen LogP contribution is -2.19. The van der Waals surface area contributed by atoms with Gasteiger partial charge in [0.2, 0.25) is 5.91 Å². The van der Waals surface area contributed by atoms with Crippen LogP contribution in [-0.2, 0) is 18.4 Å². The summed E-state index contributed by atoms with van der Waals surface area (Å²) in [5, 5.41) is 3.80. The van der Waals surface area contributed by atoms with E-state index < -0.39 is 0 Å². The highest BCUT2D eigenvalue weighted by atomic mass is 16.2. The van der Waals surface area contributed by atoms with Crippen LogP contribution in [0.1, 0.15) is 28.5 Å². The zero-order valence-electron chi connectivity index (χ0n) is 21.4. The van der Waals surface area contributed by atoms with Gasteiger partial charge < -0.3 is 9.88 Å². The van der Waals surface area contributed by atoms with Crippen LogP contribution < -0.4 is 10.9 Å². The van der Waals surface area contributed by atoms with Crippen molar-refractivity contribution in [2.24, 2.45) is 12.0 Å². The Bertz CT molecular complexity index is 1740. The second-order valence-electron chi connectivity index (χ2n) is 9.08. The highest BCUT2D eigenvalue weighted by molar-refractivity contribution is 6.01. The number of amides is 1. The Hall–Kier alpha value is -4.98. The maximum absolute atomic E-state index is 13.2. The van der Waals surface area contributed by atoms with Gasteiger partial charge in [0.15, 0.2) is 11.5 Å². The van der Waals surface area contributed by atoms with Gasteiger partial charge in [-0.25, -0.2) is 9.67 Å². The third-order valence-corrected chi connectivity index (χ3v) is 6.57. The largest absolute Gasteiger partial charge is 0.337 e. The summed E-state index contributed by atoms with van der Waals surface area (Å²) in [6, 6.07) is 24.0. The first-order valence-corrected chi connectivity index (χ1v) is 12.2. The van der Waals surface area contributed by atoms with Crippen molar-refractivity contribution in [2.45, 2.75) is 20.4 Å². The van der Waals surface area contributed by atoms with Crippen LogP contribution in [0.4, 0.5) is 11.4 Å².